The van der Waals surface area contributed by atoms with Gasteiger partial charge >= 0.3 is 0 Å². The molecule has 0 saturated carbocycles. The Morgan fingerprint density at radius 2 is 1.89 bits per heavy atom. The molecule has 0 amide bonds. The van der Waals surface area contributed by atoms with E-state index in [1.807, 2.05) is 18.3 Å². The summed E-state index contributed by atoms with van der Waals surface area (Å²) in [5, 5.41) is 12.7. The molecule has 4 N–H and O–H groups in total. The number of hydrogen-bond acceptors (Lipinski definition) is 6. The van der Waals surface area contributed by atoms with E-state index < -0.39 is 15.8 Å². The molecule has 9 nitrogen and oxygen atoms in total. The summed E-state index contributed by atoms with van der Waals surface area (Å²) in [6.07, 6.45) is 6.83. The number of pyridine rings is 2. The second-order valence-corrected chi connectivity index (χ2v) is 11.3. The average molecular weight is 520 g/mol. The summed E-state index contributed by atoms with van der Waals surface area (Å²) in [5.41, 5.74) is 6.03. The van der Waals surface area contributed by atoms with Gasteiger partial charge in [0.1, 0.15) is 17.2 Å². The van der Waals surface area contributed by atoms with Crippen LogP contribution in [0.5, 0.6) is 0 Å². The number of sulfonamides is 1. The summed E-state index contributed by atoms with van der Waals surface area (Å²) in [6.45, 7) is 2.01. The quantitative estimate of drug-likeness (QED) is 0.270. The molecule has 0 unspecified atom stereocenters. The van der Waals surface area contributed by atoms with E-state index in [2.05, 4.69) is 41.3 Å². The molecule has 4 aromatic heterocycles. The molecular formula is C26H26FN7O2S. The molecule has 6 rings (SSSR count). The molecule has 0 spiro atoms. The second kappa shape index (κ2) is 9.33. The Bertz CT molecular complexity index is 1720. The molecule has 1 aliphatic heterocycles. The van der Waals surface area contributed by atoms with Gasteiger partial charge in [-0.2, -0.15) is 5.10 Å². The Hall–Kier alpha value is -3.67. The van der Waals surface area contributed by atoms with Gasteiger partial charge in [-0.1, -0.05) is 0 Å². The van der Waals surface area contributed by atoms with Crippen molar-refractivity contribution >= 4 is 32.1 Å². The van der Waals surface area contributed by atoms with Crippen molar-refractivity contribution in [3.8, 4) is 22.5 Å². The van der Waals surface area contributed by atoms with Gasteiger partial charge in [0.05, 0.1) is 11.9 Å². The first-order valence-electron chi connectivity index (χ1n) is 12.1. The molecule has 1 fully saturated rings. The third-order valence-corrected chi connectivity index (χ3v) is 7.51. The number of H-pyrrole nitrogens is 2. The fraction of sp³-hybridized carbons (Fsp3) is 0.269. The summed E-state index contributed by atoms with van der Waals surface area (Å²) < 4.78 is 39.9. The lowest BCUT2D eigenvalue weighted by Crippen LogP contribution is -2.26. The molecule has 0 aliphatic carbocycles. The van der Waals surface area contributed by atoms with Gasteiger partial charge in [0.25, 0.3) is 0 Å². The summed E-state index contributed by atoms with van der Waals surface area (Å²) in [7, 11) is -3.40. The number of nitrogens with zero attached hydrogens (tertiary/aromatic N) is 3. The predicted octanol–water partition coefficient (Wildman–Crippen LogP) is 3.82. The molecule has 1 aliphatic rings. The van der Waals surface area contributed by atoms with Crippen molar-refractivity contribution in [2.45, 2.75) is 25.3 Å². The van der Waals surface area contributed by atoms with Gasteiger partial charge in [0.15, 0.2) is 5.65 Å². The van der Waals surface area contributed by atoms with Crippen LogP contribution in [-0.4, -0.2) is 52.9 Å². The van der Waals surface area contributed by atoms with Crippen LogP contribution >= 0.6 is 0 Å². The number of aromatic amines is 2. The van der Waals surface area contributed by atoms with Crippen LogP contribution in [0.4, 0.5) is 4.39 Å². The number of rotatable bonds is 6. The van der Waals surface area contributed by atoms with Gasteiger partial charge in [0, 0.05) is 29.7 Å². The topological polar surface area (TPSA) is 128 Å². The molecule has 11 heteroatoms. The fourth-order valence-electron chi connectivity index (χ4n) is 5.03. The zero-order valence-electron chi connectivity index (χ0n) is 20.2. The SMILES string of the molecule is CS(=O)(=O)NCc1cc(F)cc(-c2ccnc3[nH]c(-c4n[nH]c5ncc(C6CCNCC6)cc45)cc23)c1. The van der Waals surface area contributed by atoms with E-state index in [9.17, 15) is 12.8 Å². The Kier molecular flexibility index (Phi) is 5.98. The van der Waals surface area contributed by atoms with E-state index in [1.54, 1.807) is 12.3 Å². The zero-order chi connectivity index (χ0) is 25.6. The standard InChI is InChI=1S/C26H26FN7O2S/c1-37(35,36)31-13-15-8-17(10-19(27)9-15)20-4-7-29-25-21(20)12-23(32-25)24-22-11-18(14-30-26(22)34-33-24)16-2-5-28-6-3-16/h4,7-12,14,16,28,31H,2-3,5-6,13H2,1H3,(H,29,32)(H,30,33,34). The van der Waals surface area contributed by atoms with Crippen molar-refractivity contribution in [3.63, 3.8) is 0 Å². The predicted molar refractivity (Wildman–Crippen MR) is 141 cm³/mol. The molecule has 1 saturated heterocycles. The maximum Gasteiger partial charge on any atom is 0.209 e. The summed E-state index contributed by atoms with van der Waals surface area (Å²) in [5.74, 6) is 0.0228. The lowest BCUT2D eigenvalue weighted by Gasteiger charge is -2.22. The molecule has 0 atom stereocenters. The van der Waals surface area contributed by atoms with Crippen LogP contribution in [0.1, 0.15) is 29.9 Å². The van der Waals surface area contributed by atoms with Crippen LogP contribution in [-0.2, 0) is 16.6 Å². The Balaban J connectivity index is 1.40. The first kappa shape index (κ1) is 23.7. The van der Waals surface area contributed by atoms with Crippen molar-refractivity contribution in [1.29, 1.82) is 0 Å². The number of nitrogens with one attached hydrogen (secondary N) is 4. The van der Waals surface area contributed by atoms with Gasteiger partial charge in [-0.15, -0.1) is 0 Å². The molecule has 5 heterocycles. The van der Waals surface area contributed by atoms with Crippen molar-refractivity contribution < 1.29 is 12.8 Å². The minimum Gasteiger partial charge on any atom is -0.338 e. The largest absolute Gasteiger partial charge is 0.338 e. The van der Waals surface area contributed by atoms with Crippen LogP contribution in [0.25, 0.3) is 44.6 Å². The maximum absolute atomic E-state index is 14.5. The number of aromatic nitrogens is 5. The molecule has 37 heavy (non-hydrogen) atoms. The molecular weight excluding hydrogens is 493 g/mol. The normalized spacial score (nSPS) is 15.1. The van der Waals surface area contributed by atoms with E-state index in [4.69, 9.17) is 0 Å². The van der Waals surface area contributed by atoms with E-state index in [0.717, 1.165) is 59.9 Å². The lowest BCUT2D eigenvalue weighted by molar-refractivity contribution is 0.460. The van der Waals surface area contributed by atoms with E-state index in [-0.39, 0.29) is 6.54 Å². The van der Waals surface area contributed by atoms with E-state index >= 15 is 0 Å². The smallest absolute Gasteiger partial charge is 0.209 e. The summed E-state index contributed by atoms with van der Waals surface area (Å²) >= 11 is 0. The van der Waals surface area contributed by atoms with E-state index in [0.29, 0.717) is 28.3 Å². The van der Waals surface area contributed by atoms with Crippen molar-refractivity contribution in [2.24, 2.45) is 0 Å². The minimum absolute atomic E-state index is 0.00184. The van der Waals surface area contributed by atoms with Crippen LogP contribution < -0.4 is 10.0 Å². The van der Waals surface area contributed by atoms with Crippen LogP contribution in [0.3, 0.4) is 0 Å². The zero-order valence-corrected chi connectivity index (χ0v) is 21.0. The second-order valence-electron chi connectivity index (χ2n) is 9.51. The highest BCUT2D eigenvalue weighted by atomic mass is 32.2. The van der Waals surface area contributed by atoms with Crippen LogP contribution in [0, 0.1) is 5.82 Å². The molecule has 0 bridgehead atoms. The highest BCUT2D eigenvalue weighted by Gasteiger charge is 2.19. The minimum atomic E-state index is -3.40. The maximum atomic E-state index is 14.5. The van der Waals surface area contributed by atoms with E-state index in [1.165, 1.54) is 17.7 Å². The lowest BCUT2D eigenvalue weighted by atomic mass is 9.91. The van der Waals surface area contributed by atoms with Crippen LogP contribution in [0.2, 0.25) is 0 Å². The van der Waals surface area contributed by atoms with Gasteiger partial charge < -0.3 is 10.3 Å². The fourth-order valence-corrected chi connectivity index (χ4v) is 5.46. The van der Waals surface area contributed by atoms with Crippen molar-refractivity contribution in [3.05, 3.63) is 65.7 Å². The number of benzene rings is 1. The van der Waals surface area contributed by atoms with Crippen LogP contribution in [0.15, 0.2) is 48.8 Å². The molecule has 0 radical (unpaired) electrons. The monoisotopic (exact) mass is 519 g/mol. The number of hydrogen-bond donors (Lipinski definition) is 4. The third-order valence-electron chi connectivity index (χ3n) is 6.84. The third kappa shape index (κ3) is 4.85. The average Bonchev–Trinajstić information content (AvgIpc) is 3.51. The van der Waals surface area contributed by atoms with Gasteiger partial charge in [0.2, 0.25) is 10.0 Å². The Morgan fingerprint density at radius 3 is 2.70 bits per heavy atom. The number of fused-ring (bicyclic) bond motifs is 2. The van der Waals surface area contributed by atoms with Gasteiger partial charge in [-0.3, -0.25) is 5.10 Å². The molecule has 1 aromatic carbocycles. The number of piperidine rings is 1. The first-order chi connectivity index (χ1) is 17.8. The van der Waals surface area contributed by atoms with Crippen molar-refractivity contribution in [2.75, 3.05) is 19.3 Å². The number of halogens is 1. The summed E-state index contributed by atoms with van der Waals surface area (Å²) in [4.78, 5) is 12.5. The Morgan fingerprint density at radius 1 is 1.05 bits per heavy atom. The van der Waals surface area contributed by atoms with Gasteiger partial charge in [-0.25, -0.2) is 27.5 Å². The van der Waals surface area contributed by atoms with Gasteiger partial charge in [-0.05, 0) is 90.5 Å². The Labute approximate surface area is 213 Å². The molecule has 190 valence electrons. The highest BCUT2D eigenvalue weighted by molar-refractivity contribution is 7.88. The summed E-state index contributed by atoms with van der Waals surface area (Å²) in [6, 6.07) is 10.5. The highest BCUT2D eigenvalue weighted by Crippen LogP contribution is 2.35. The van der Waals surface area contributed by atoms with Crippen molar-refractivity contribution in [1.82, 2.24) is 35.2 Å². The first-order valence-corrected chi connectivity index (χ1v) is 14.0. The molecule has 5 aromatic rings.